The predicted octanol–water partition coefficient (Wildman–Crippen LogP) is 2.90. The summed E-state index contributed by atoms with van der Waals surface area (Å²) in [5.74, 6) is -0.468. The molecular formula is C16H25NO3. The van der Waals surface area contributed by atoms with E-state index in [1.54, 1.807) is 12.1 Å². The van der Waals surface area contributed by atoms with Gasteiger partial charge in [-0.1, -0.05) is 12.1 Å². The van der Waals surface area contributed by atoms with Gasteiger partial charge in [0.25, 0.3) is 0 Å². The molecule has 4 nitrogen and oxygen atoms in total. The highest BCUT2D eigenvalue weighted by molar-refractivity contribution is 5.66. The molecule has 0 aliphatic carbocycles. The molecule has 0 unspecified atom stereocenters. The number of carboxylic acid groups (broad SMARTS) is 1. The zero-order valence-corrected chi connectivity index (χ0v) is 12.6. The largest absolute Gasteiger partial charge is 0.508 e. The zero-order valence-electron chi connectivity index (χ0n) is 12.6. The Morgan fingerprint density at radius 1 is 1.15 bits per heavy atom. The van der Waals surface area contributed by atoms with E-state index in [1.807, 2.05) is 12.1 Å². The van der Waals surface area contributed by atoms with Crippen LogP contribution in [0.25, 0.3) is 0 Å². The molecule has 0 atom stereocenters. The van der Waals surface area contributed by atoms with Crippen LogP contribution in [0.1, 0.15) is 39.2 Å². The van der Waals surface area contributed by atoms with E-state index in [0.29, 0.717) is 6.54 Å². The smallest absolute Gasteiger partial charge is 0.304 e. The van der Waals surface area contributed by atoms with Gasteiger partial charge in [0, 0.05) is 12.1 Å². The highest BCUT2D eigenvalue weighted by Gasteiger charge is 2.21. The van der Waals surface area contributed by atoms with Crippen LogP contribution in [0.5, 0.6) is 5.75 Å². The summed E-state index contributed by atoms with van der Waals surface area (Å²) in [5, 5.41) is 18.0. The van der Waals surface area contributed by atoms with E-state index in [0.717, 1.165) is 19.4 Å². The molecule has 0 saturated heterocycles. The minimum absolute atomic E-state index is 0.0234. The zero-order chi connectivity index (χ0) is 15.2. The highest BCUT2D eigenvalue weighted by atomic mass is 16.4. The van der Waals surface area contributed by atoms with Crippen LogP contribution in [0.2, 0.25) is 0 Å². The normalized spacial score (nSPS) is 11.8. The first-order valence-electron chi connectivity index (χ1n) is 7.04. The van der Waals surface area contributed by atoms with E-state index >= 15 is 0 Å². The van der Waals surface area contributed by atoms with Crippen LogP contribution in [0.3, 0.4) is 0 Å². The van der Waals surface area contributed by atoms with E-state index in [2.05, 4.69) is 25.7 Å². The summed E-state index contributed by atoms with van der Waals surface area (Å²) in [6.45, 7) is 7.77. The Labute approximate surface area is 121 Å². The van der Waals surface area contributed by atoms with E-state index in [9.17, 15) is 9.90 Å². The average molecular weight is 279 g/mol. The summed E-state index contributed by atoms with van der Waals surface area (Å²) in [4.78, 5) is 12.9. The lowest BCUT2D eigenvalue weighted by molar-refractivity contribution is -0.137. The van der Waals surface area contributed by atoms with Gasteiger partial charge in [0.1, 0.15) is 5.75 Å². The lowest BCUT2D eigenvalue weighted by atomic mass is 10.0. The van der Waals surface area contributed by atoms with Crippen LogP contribution in [-0.4, -0.2) is 39.7 Å². The number of phenolic OH excluding ortho intramolecular Hbond substituents is 1. The summed E-state index contributed by atoms with van der Waals surface area (Å²) >= 11 is 0. The van der Waals surface area contributed by atoms with Crippen molar-refractivity contribution in [3.63, 3.8) is 0 Å². The summed E-state index contributed by atoms with van der Waals surface area (Å²) in [7, 11) is 0. The standard InChI is InChI=1S/C16H25NO3/c1-16(2,3)17(12-10-15(19)20)11-4-5-13-6-8-14(18)9-7-13/h6-9,18H,4-5,10-12H2,1-3H3,(H,19,20). The number of carbonyl (C=O) groups is 1. The molecule has 1 aromatic carbocycles. The maximum atomic E-state index is 10.7. The highest BCUT2D eigenvalue weighted by Crippen LogP contribution is 2.16. The van der Waals surface area contributed by atoms with Crippen LogP contribution < -0.4 is 0 Å². The van der Waals surface area contributed by atoms with Crippen molar-refractivity contribution in [3.8, 4) is 5.75 Å². The fourth-order valence-electron chi connectivity index (χ4n) is 2.15. The summed E-state index contributed by atoms with van der Waals surface area (Å²) in [6.07, 6.45) is 2.08. The Kier molecular flexibility index (Phi) is 6.02. The monoisotopic (exact) mass is 279 g/mol. The molecule has 0 spiro atoms. The van der Waals surface area contributed by atoms with Crippen LogP contribution in [0.15, 0.2) is 24.3 Å². The number of phenols is 1. The quantitative estimate of drug-likeness (QED) is 0.805. The van der Waals surface area contributed by atoms with Crippen molar-refractivity contribution in [2.24, 2.45) is 0 Å². The van der Waals surface area contributed by atoms with Gasteiger partial charge in [-0.05, 0) is 57.9 Å². The topological polar surface area (TPSA) is 60.8 Å². The predicted molar refractivity (Wildman–Crippen MR) is 80.0 cm³/mol. The molecule has 112 valence electrons. The maximum Gasteiger partial charge on any atom is 0.304 e. The van der Waals surface area contributed by atoms with Crippen molar-refractivity contribution in [2.45, 2.75) is 45.6 Å². The third-order valence-electron chi connectivity index (χ3n) is 3.37. The number of carboxylic acids is 1. The first-order valence-corrected chi connectivity index (χ1v) is 7.04. The number of benzene rings is 1. The van der Waals surface area contributed by atoms with Crippen LogP contribution in [0, 0.1) is 0 Å². The minimum Gasteiger partial charge on any atom is -0.508 e. The second-order valence-corrected chi connectivity index (χ2v) is 6.07. The molecule has 0 fully saturated rings. The molecule has 0 bridgehead atoms. The van der Waals surface area contributed by atoms with Gasteiger partial charge in [0.2, 0.25) is 0 Å². The number of aryl methyl sites for hydroxylation is 1. The number of hydrogen-bond acceptors (Lipinski definition) is 3. The third-order valence-corrected chi connectivity index (χ3v) is 3.37. The van der Waals surface area contributed by atoms with E-state index < -0.39 is 5.97 Å². The first-order chi connectivity index (χ1) is 9.29. The number of aliphatic carboxylic acids is 1. The Morgan fingerprint density at radius 3 is 2.25 bits per heavy atom. The lowest BCUT2D eigenvalue weighted by Crippen LogP contribution is -2.43. The Bertz CT molecular complexity index is 420. The second-order valence-electron chi connectivity index (χ2n) is 6.07. The van der Waals surface area contributed by atoms with Crippen molar-refractivity contribution in [1.29, 1.82) is 0 Å². The van der Waals surface area contributed by atoms with Crippen molar-refractivity contribution < 1.29 is 15.0 Å². The van der Waals surface area contributed by atoms with Crippen molar-refractivity contribution >= 4 is 5.97 Å². The molecule has 0 amide bonds. The van der Waals surface area contributed by atoms with E-state index in [4.69, 9.17) is 5.11 Å². The van der Waals surface area contributed by atoms with Crippen LogP contribution in [0.4, 0.5) is 0 Å². The summed E-state index contributed by atoms with van der Waals surface area (Å²) in [6, 6.07) is 7.24. The molecule has 0 aromatic heterocycles. The Hall–Kier alpha value is -1.55. The lowest BCUT2D eigenvalue weighted by Gasteiger charge is -2.35. The van der Waals surface area contributed by atoms with Gasteiger partial charge >= 0.3 is 5.97 Å². The summed E-state index contributed by atoms with van der Waals surface area (Å²) in [5.41, 5.74) is 1.17. The van der Waals surface area contributed by atoms with Crippen LogP contribution >= 0.6 is 0 Å². The van der Waals surface area contributed by atoms with E-state index in [-0.39, 0.29) is 17.7 Å². The third kappa shape index (κ3) is 6.06. The van der Waals surface area contributed by atoms with Gasteiger partial charge in [-0.25, -0.2) is 0 Å². The fraction of sp³-hybridized carbons (Fsp3) is 0.562. The molecule has 0 radical (unpaired) electrons. The molecule has 0 saturated carbocycles. The minimum atomic E-state index is -0.752. The van der Waals surface area contributed by atoms with Crippen molar-refractivity contribution in [2.75, 3.05) is 13.1 Å². The number of aromatic hydroxyl groups is 1. The van der Waals surface area contributed by atoms with Crippen molar-refractivity contribution in [1.82, 2.24) is 4.90 Å². The SMILES string of the molecule is CC(C)(C)N(CCCc1ccc(O)cc1)CCC(=O)O. The molecule has 0 heterocycles. The first kappa shape index (κ1) is 16.5. The molecule has 20 heavy (non-hydrogen) atoms. The van der Waals surface area contributed by atoms with Gasteiger partial charge < -0.3 is 10.2 Å². The Balaban J connectivity index is 2.45. The second kappa shape index (κ2) is 7.29. The fourth-order valence-corrected chi connectivity index (χ4v) is 2.15. The van der Waals surface area contributed by atoms with Gasteiger partial charge in [-0.3, -0.25) is 9.69 Å². The van der Waals surface area contributed by atoms with E-state index in [1.165, 1.54) is 5.56 Å². The summed E-state index contributed by atoms with van der Waals surface area (Å²) < 4.78 is 0. The Morgan fingerprint density at radius 2 is 1.75 bits per heavy atom. The molecule has 1 aromatic rings. The van der Waals surface area contributed by atoms with Crippen molar-refractivity contribution in [3.05, 3.63) is 29.8 Å². The van der Waals surface area contributed by atoms with Gasteiger partial charge in [-0.15, -0.1) is 0 Å². The number of rotatable bonds is 7. The number of nitrogens with zero attached hydrogens (tertiary/aromatic N) is 1. The van der Waals surface area contributed by atoms with Gasteiger partial charge in [0.15, 0.2) is 0 Å². The number of hydrogen-bond donors (Lipinski definition) is 2. The van der Waals surface area contributed by atoms with Gasteiger partial charge in [0.05, 0.1) is 6.42 Å². The maximum absolute atomic E-state index is 10.7. The molecule has 0 aliphatic heterocycles. The molecular weight excluding hydrogens is 254 g/mol. The average Bonchev–Trinajstić information content (AvgIpc) is 2.34. The molecule has 2 N–H and O–H groups in total. The molecule has 1 rings (SSSR count). The molecule has 0 aliphatic rings. The molecule has 4 heteroatoms. The van der Waals surface area contributed by atoms with Crippen LogP contribution in [-0.2, 0) is 11.2 Å². The van der Waals surface area contributed by atoms with Gasteiger partial charge in [-0.2, -0.15) is 0 Å².